The summed E-state index contributed by atoms with van der Waals surface area (Å²) in [5.74, 6) is 0.908. The molecule has 0 bridgehead atoms. The van der Waals surface area contributed by atoms with Gasteiger partial charge in [-0.2, -0.15) is 0 Å². The van der Waals surface area contributed by atoms with Crippen molar-refractivity contribution in [2.75, 3.05) is 31.1 Å². The van der Waals surface area contributed by atoms with Crippen LogP contribution in [0.4, 0.5) is 5.69 Å². The van der Waals surface area contributed by atoms with Gasteiger partial charge in [0.1, 0.15) is 15.1 Å². The molecule has 1 aromatic carbocycles. The van der Waals surface area contributed by atoms with Gasteiger partial charge in [-0.05, 0) is 36.6 Å². The number of benzene rings is 1. The fourth-order valence-electron chi connectivity index (χ4n) is 4.59. The molecule has 1 unspecified atom stereocenters. The molecule has 1 spiro atoms. The van der Waals surface area contributed by atoms with Gasteiger partial charge in [-0.1, -0.05) is 31.4 Å². The van der Waals surface area contributed by atoms with Crippen LogP contribution < -0.4 is 9.64 Å². The maximum atomic E-state index is 13.2. The molecule has 4 rings (SSSR count). The fourth-order valence-corrected chi connectivity index (χ4v) is 5.53. The summed E-state index contributed by atoms with van der Waals surface area (Å²) in [6.45, 7) is 6.38. The highest BCUT2D eigenvalue weighted by atomic mass is 35.5. The third-order valence-corrected chi connectivity index (χ3v) is 7.35. The van der Waals surface area contributed by atoms with Crippen molar-refractivity contribution in [2.24, 2.45) is 0 Å². The molecule has 166 valence electrons. The van der Waals surface area contributed by atoms with Gasteiger partial charge >= 0.3 is 0 Å². The Balaban J connectivity index is 1.60. The standard InChI is InChI=1S/C23H28ClN3O3S/c1-3-4-5-10-30-17-6-7-19-18(11-17)23(8-9-26(14-23)16(2)28)15-27(19)22(29)12-21-25-13-20(24)31-21/h6-7,11,13H,3-5,8-10,12,14-15H2,1-2H3. The van der Waals surface area contributed by atoms with E-state index in [-0.39, 0.29) is 23.7 Å². The second-order valence-electron chi connectivity index (χ2n) is 8.42. The number of ether oxygens (including phenoxy) is 1. The number of rotatable bonds is 7. The van der Waals surface area contributed by atoms with Gasteiger partial charge in [-0.3, -0.25) is 9.59 Å². The smallest absolute Gasteiger partial charge is 0.233 e. The van der Waals surface area contributed by atoms with Gasteiger partial charge in [0.25, 0.3) is 0 Å². The molecule has 2 aromatic rings. The zero-order valence-corrected chi connectivity index (χ0v) is 19.6. The molecular weight excluding hydrogens is 434 g/mol. The lowest BCUT2D eigenvalue weighted by molar-refractivity contribution is -0.127. The largest absolute Gasteiger partial charge is 0.494 e. The monoisotopic (exact) mass is 461 g/mol. The van der Waals surface area contributed by atoms with E-state index in [0.29, 0.717) is 35.6 Å². The van der Waals surface area contributed by atoms with E-state index in [0.717, 1.165) is 42.7 Å². The number of fused-ring (bicyclic) bond motifs is 2. The third kappa shape index (κ3) is 4.58. The first-order chi connectivity index (χ1) is 14.9. The molecule has 2 aliphatic heterocycles. The Kier molecular flexibility index (Phi) is 6.53. The van der Waals surface area contributed by atoms with Gasteiger partial charge in [0.15, 0.2) is 0 Å². The van der Waals surface area contributed by atoms with E-state index in [4.69, 9.17) is 16.3 Å². The Bertz CT molecular complexity index is 979. The number of carbonyl (C=O) groups is 2. The summed E-state index contributed by atoms with van der Waals surface area (Å²) in [7, 11) is 0. The molecule has 8 heteroatoms. The number of aromatic nitrogens is 1. The number of likely N-dealkylation sites (tertiary alicyclic amines) is 1. The van der Waals surface area contributed by atoms with E-state index >= 15 is 0 Å². The van der Waals surface area contributed by atoms with E-state index in [1.165, 1.54) is 11.3 Å². The number of amides is 2. The summed E-state index contributed by atoms with van der Waals surface area (Å²) in [4.78, 5) is 33.2. The third-order valence-electron chi connectivity index (χ3n) is 6.24. The first-order valence-corrected chi connectivity index (χ1v) is 12.0. The molecule has 31 heavy (non-hydrogen) atoms. The lowest BCUT2D eigenvalue weighted by Crippen LogP contribution is -2.40. The summed E-state index contributed by atoms with van der Waals surface area (Å²) >= 11 is 7.32. The molecule has 1 atom stereocenters. The summed E-state index contributed by atoms with van der Waals surface area (Å²) in [6.07, 6.45) is 5.96. The predicted molar refractivity (Wildman–Crippen MR) is 123 cm³/mol. The number of nitrogens with zero attached hydrogens (tertiary/aromatic N) is 3. The Morgan fingerprint density at radius 1 is 1.29 bits per heavy atom. The van der Waals surface area contributed by atoms with Crippen LogP contribution in [0, 0.1) is 0 Å². The fraction of sp³-hybridized carbons (Fsp3) is 0.522. The molecular formula is C23H28ClN3O3S. The number of carbonyl (C=O) groups excluding carboxylic acids is 2. The van der Waals surface area contributed by atoms with Crippen molar-refractivity contribution in [3.8, 4) is 5.75 Å². The number of halogens is 1. The van der Waals surface area contributed by atoms with E-state index in [1.807, 2.05) is 21.9 Å². The van der Waals surface area contributed by atoms with Crippen molar-refractivity contribution >= 4 is 40.4 Å². The molecule has 0 N–H and O–H groups in total. The summed E-state index contributed by atoms with van der Waals surface area (Å²) in [6, 6.07) is 6.02. The second-order valence-corrected chi connectivity index (χ2v) is 10.2. The van der Waals surface area contributed by atoms with Crippen LogP contribution in [0.15, 0.2) is 24.4 Å². The normalized spacial score (nSPS) is 19.8. The van der Waals surface area contributed by atoms with Crippen LogP contribution in [0.5, 0.6) is 5.75 Å². The second kappa shape index (κ2) is 9.17. The van der Waals surface area contributed by atoms with E-state index in [2.05, 4.69) is 18.0 Å². The molecule has 1 saturated heterocycles. The Morgan fingerprint density at radius 3 is 2.81 bits per heavy atom. The van der Waals surface area contributed by atoms with Crippen LogP contribution >= 0.6 is 22.9 Å². The highest BCUT2D eigenvalue weighted by Crippen LogP contribution is 2.48. The lowest BCUT2D eigenvalue weighted by atomic mass is 9.81. The van der Waals surface area contributed by atoms with E-state index in [1.54, 1.807) is 13.1 Å². The topological polar surface area (TPSA) is 62.7 Å². The zero-order valence-electron chi connectivity index (χ0n) is 18.0. The predicted octanol–water partition coefficient (Wildman–Crippen LogP) is 4.44. The first kappa shape index (κ1) is 22.1. The number of hydrogen-bond donors (Lipinski definition) is 0. The van der Waals surface area contributed by atoms with Crippen molar-refractivity contribution in [3.05, 3.63) is 39.3 Å². The number of anilines is 1. The van der Waals surface area contributed by atoms with Crippen LogP contribution in [0.25, 0.3) is 0 Å². The Morgan fingerprint density at radius 2 is 2.13 bits per heavy atom. The molecule has 2 amide bonds. The molecule has 0 aliphatic carbocycles. The van der Waals surface area contributed by atoms with Gasteiger partial charge in [0.05, 0.1) is 19.2 Å². The van der Waals surface area contributed by atoms with Crippen LogP contribution in [0.2, 0.25) is 4.34 Å². The minimum absolute atomic E-state index is 0.00188. The molecule has 6 nitrogen and oxygen atoms in total. The minimum atomic E-state index is -0.250. The highest BCUT2D eigenvalue weighted by Gasteiger charge is 2.49. The molecule has 0 saturated carbocycles. The molecule has 3 heterocycles. The Hall–Kier alpha value is -2.12. The number of unbranched alkanes of at least 4 members (excludes halogenated alkanes) is 2. The van der Waals surface area contributed by atoms with Crippen LogP contribution in [-0.4, -0.2) is 47.9 Å². The summed E-state index contributed by atoms with van der Waals surface area (Å²) < 4.78 is 6.58. The quantitative estimate of drug-likeness (QED) is 0.571. The number of hydrogen-bond acceptors (Lipinski definition) is 5. The van der Waals surface area contributed by atoms with Crippen molar-refractivity contribution in [3.63, 3.8) is 0 Å². The molecule has 1 aromatic heterocycles. The summed E-state index contributed by atoms with van der Waals surface area (Å²) in [5.41, 5.74) is 1.77. The van der Waals surface area contributed by atoms with Crippen molar-refractivity contribution in [1.82, 2.24) is 9.88 Å². The van der Waals surface area contributed by atoms with Crippen molar-refractivity contribution in [2.45, 2.75) is 51.4 Å². The van der Waals surface area contributed by atoms with Gasteiger partial charge in [-0.25, -0.2) is 4.98 Å². The van der Waals surface area contributed by atoms with Crippen molar-refractivity contribution in [1.29, 1.82) is 0 Å². The molecule has 0 radical (unpaired) electrons. The molecule has 2 aliphatic rings. The SMILES string of the molecule is CCCCCOc1ccc2c(c1)C1(CCN(C(C)=O)C1)CN2C(=O)Cc1ncc(Cl)s1. The van der Waals surface area contributed by atoms with Crippen LogP contribution in [0.3, 0.4) is 0 Å². The van der Waals surface area contributed by atoms with E-state index in [9.17, 15) is 9.59 Å². The molecule has 1 fully saturated rings. The maximum absolute atomic E-state index is 13.2. The van der Waals surface area contributed by atoms with Gasteiger partial charge in [0, 0.05) is 37.7 Å². The first-order valence-electron chi connectivity index (χ1n) is 10.9. The van der Waals surface area contributed by atoms with Crippen LogP contribution in [-0.2, 0) is 21.4 Å². The van der Waals surface area contributed by atoms with Gasteiger partial charge < -0.3 is 14.5 Å². The summed E-state index contributed by atoms with van der Waals surface area (Å²) in [5, 5.41) is 0.713. The van der Waals surface area contributed by atoms with Gasteiger partial charge in [-0.15, -0.1) is 11.3 Å². The average Bonchev–Trinajstić information content (AvgIpc) is 3.44. The lowest BCUT2D eigenvalue weighted by Gasteiger charge is -2.25. The van der Waals surface area contributed by atoms with E-state index < -0.39 is 0 Å². The zero-order chi connectivity index (χ0) is 22.0. The maximum Gasteiger partial charge on any atom is 0.233 e. The average molecular weight is 462 g/mol. The van der Waals surface area contributed by atoms with Gasteiger partial charge in [0.2, 0.25) is 11.8 Å². The number of thiazole rings is 1. The van der Waals surface area contributed by atoms with Crippen molar-refractivity contribution < 1.29 is 14.3 Å². The highest BCUT2D eigenvalue weighted by molar-refractivity contribution is 7.15. The minimum Gasteiger partial charge on any atom is -0.494 e. The Labute approximate surface area is 192 Å². The van der Waals surface area contributed by atoms with Crippen LogP contribution in [0.1, 0.15) is 50.1 Å².